The van der Waals surface area contributed by atoms with Crippen molar-refractivity contribution in [2.45, 2.75) is 58.5 Å². The summed E-state index contributed by atoms with van der Waals surface area (Å²) in [6, 6.07) is 18.4. The number of hydrogen-bond donors (Lipinski definition) is 1. The lowest BCUT2D eigenvalue weighted by Gasteiger charge is -2.19. The lowest BCUT2D eigenvalue weighted by atomic mass is 9.98. The summed E-state index contributed by atoms with van der Waals surface area (Å²) < 4.78 is 11.1. The Bertz CT molecular complexity index is 1180. The normalized spacial score (nSPS) is 12.6. The molecule has 6 nitrogen and oxygen atoms in total. The molecular formula is C29H32N2O4. The second-order valence-electron chi connectivity index (χ2n) is 9.85. The molecule has 0 unspecified atom stereocenters. The van der Waals surface area contributed by atoms with Gasteiger partial charge in [-0.05, 0) is 80.0 Å². The third-order valence-electron chi connectivity index (χ3n) is 6.08. The van der Waals surface area contributed by atoms with E-state index in [-0.39, 0.29) is 18.5 Å². The molecule has 0 radical (unpaired) electrons. The quantitative estimate of drug-likeness (QED) is 0.402. The molecule has 1 N–H and O–H groups in total. The first-order valence-corrected chi connectivity index (χ1v) is 12.0. The third kappa shape index (κ3) is 5.88. The molecule has 1 aromatic heterocycles. The molecule has 6 heteroatoms. The fourth-order valence-corrected chi connectivity index (χ4v) is 4.55. The van der Waals surface area contributed by atoms with E-state index in [1.54, 1.807) is 6.20 Å². The van der Waals surface area contributed by atoms with E-state index in [0.717, 1.165) is 22.3 Å². The standard InChI is InChI=1S/C29H32N2O4/c1-19-16-17-30-27(20(19)14-9-15-26(32)35-29(2,3)4)31-28(33)34-18-25-23-12-7-5-10-21(23)22-11-6-8-13-24(22)25/h5-8,10-13,16-17,25H,9,14-15,18H2,1-4H3,(H,30,31,33). The number of nitrogens with one attached hydrogen (secondary N) is 1. The molecule has 1 heterocycles. The van der Waals surface area contributed by atoms with Crippen molar-refractivity contribution in [1.82, 2.24) is 4.98 Å². The van der Waals surface area contributed by atoms with Gasteiger partial charge in [-0.15, -0.1) is 0 Å². The topological polar surface area (TPSA) is 77.5 Å². The summed E-state index contributed by atoms with van der Waals surface area (Å²) in [5.74, 6) is 0.225. The molecule has 0 aliphatic heterocycles. The van der Waals surface area contributed by atoms with Crippen LogP contribution in [0.4, 0.5) is 10.6 Å². The van der Waals surface area contributed by atoms with Crippen molar-refractivity contribution in [3.05, 3.63) is 83.0 Å². The number of aromatic nitrogens is 1. The van der Waals surface area contributed by atoms with E-state index in [1.165, 1.54) is 11.1 Å². The summed E-state index contributed by atoms with van der Waals surface area (Å²) in [6.45, 7) is 7.76. The Labute approximate surface area is 206 Å². The number of carbonyl (C=O) groups excluding carboxylic acids is 2. The SMILES string of the molecule is Cc1ccnc(NC(=O)OCC2c3ccccc3-c3ccccc32)c1CCCC(=O)OC(C)(C)C. The molecule has 1 aliphatic rings. The van der Waals surface area contributed by atoms with Gasteiger partial charge in [-0.25, -0.2) is 9.78 Å². The Morgan fingerprint density at radius 2 is 1.60 bits per heavy atom. The van der Waals surface area contributed by atoms with Gasteiger partial charge in [-0.1, -0.05) is 48.5 Å². The number of ether oxygens (including phenoxy) is 2. The maximum atomic E-state index is 12.7. The zero-order valence-electron chi connectivity index (χ0n) is 20.8. The van der Waals surface area contributed by atoms with Crippen LogP contribution in [0.3, 0.4) is 0 Å². The molecule has 0 saturated carbocycles. The second kappa shape index (κ2) is 10.3. The number of hydrogen-bond acceptors (Lipinski definition) is 5. The van der Waals surface area contributed by atoms with Gasteiger partial charge in [-0.3, -0.25) is 10.1 Å². The van der Waals surface area contributed by atoms with Gasteiger partial charge in [0, 0.05) is 18.5 Å². The molecule has 3 aromatic rings. The summed E-state index contributed by atoms with van der Waals surface area (Å²) >= 11 is 0. The highest BCUT2D eigenvalue weighted by Crippen LogP contribution is 2.44. The van der Waals surface area contributed by atoms with Gasteiger partial charge in [0.05, 0.1) is 0 Å². The summed E-state index contributed by atoms with van der Waals surface area (Å²) in [7, 11) is 0. The zero-order valence-corrected chi connectivity index (χ0v) is 20.8. The van der Waals surface area contributed by atoms with E-state index in [4.69, 9.17) is 9.47 Å². The zero-order chi connectivity index (χ0) is 25.0. The average Bonchev–Trinajstić information content (AvgIpc) is 3.12. The van der Waals surface area contributed by atoms with Gasteiger partial charge in [-0.2, -0.15) is 0 Å². The summed E-state index contributed by atoms with van der Waals surface area (Å²) in [6.07, 6.45) is 2.61. The number of amides is 1. The number of benzene rings is 2. The number of rotatable bonds is 7. The van der Waals surface area contributed by atoms with Crippen molar-refractivity contribution in [3.63, 3.8) is 0 Å². The van der Waals surface area contributed by atoms with Crippen molar-refractivity contribution in [3.8, 4) is 11.1 Å². The highest BCUT2D eigenvalue weighted by molar-refractivity contribution is 5.85. The molecular weight excluding hydrogens is 440 g/mol. The predicted octanol–water partition coefficient (Wildman–Crippen LogP) is 6.42. The lowest BCUT2D eigenvalue weighted by Crippen LogP contribution is -2.23. The maximum Gasteiger partial charge on any atom is 0.412 e. The first kappa shape index (κ1) is 24.5. The van der Waals surface area contributed by atoms with Crippen LogP contribution in [-0.2, 0) is 20.7 Å². The molecule has 0 fully saturated rings. The van der Waals surface area contributed by atoms with Gasteiger partial charge >= 0.3 is 12.1 Å². The van der Waals surface area contributed by atoms with Crippen molar-refractivity contribution in [2.75, 3.05) is 11.9 Å². The van der Waals surface area contributed by atoms with Crippen LogP contribution < -0.4 is 5.32 Å². The number of anilines is 1. The fourth-order valence-electron chi connectivity index (χ4n) is 4.55. The van der Waals surface area contributed by atoms with E-state index in [1.807, 2.05) is 58.0 Å². The minimum atomic E-state index is -0.543. The summed E-state index contributed by atoms with van der Waals surface area (Å²) in [4.78, 5) is 29.2. The van der Waals surface area contributed by atoms with Crippen LogP contribution in [0.2, 0.25) is 0 Å². The van der Waals surface area contributed by atoms with Crippen LogP contribution in [-0.4, -0.2) is 29.3 Å². The Morgan fingerprint density at radius 3 is 2.23 bits per heavy atom. The van der Waals surface area contributed by atoms with E-state index in [9.17, 15) is 9.59 Å². The first-order chi connectivity index (χ1) is 16.7. The molecule has 0 bridgehead atoms. The van der Waals surface area contributed by atoms with Crippen LogP contribution in [0.5, 0.6) is 0 Å². The number of fused-ring (bicyclic) bond motifs is 3. The van der Waals surface area contributed by atoms with Crippen molar-refractivity contribution >= 4 is 17.9 Å². The van der Waals surface area contributed by atoms with E-state index < -0.39 is 11.7 Å². The molecule has 2 aromatic carbocycles. The Hall–Kier alpha value is -3.67. The Kier molecular flexibility index (Phi) is 7.20. The van der Waals surface area contributed by atoms with Gasteiger partial charge in [0.2, 0.25) is 0 Å². The van der Waals surface area contributed by atoms with Crippen LogP contribution in [0.15, 0.2) is 60.8 Å². The van der Waals surface area contributed by atoms with E-state index in [2.05, 4.69) is 34.6 Å². The molecule has 4 rings (SSSR count). The van der Waals surface area contributed by atoms with Gasteiger partial charge in [0.25, 0.3) is 0 Å². The number of pyridine rings is 1. The van der Waals surface area contributed by atoms with Crippen LogP contribution in [0.25, 0.3) is 11.1 Å². The van der Waals surface area contributed by atoms with Crippen LogP contribution in [0, 0.1) is 6.92 Å². The molecule has 1 amide bonds. The van der Waals surface area contributed by atoms with Gasteiger partial charge < -0.3 is 9.47 Å². The van der Waals surface area contributed by atoms with Crippen molar-refractivity contribution in [1.29, 1.82) is 0 Å². The monoisotopic (exact) mass is 472 g/mol. The predicted molar refractivity (Wildman–Crippen MR) is 136 cm³/mol. The van der Waals surface area contributed by atoms with Gasteiger partial charge in [0.15, 0.2) is 0 Å². The number of nitrogens with zero attached hydrogens (tertiary/aromatic N) is 1. The highest BCUT2D eigenvalue weighted by Gasteiger charge is 2.29. The molecule has 0 spiro atoms. The largest absolute Gasteiger partial charge is 0.460 e. The highest BCUT2D eigenvalue weighted by atomic mass is 16.6. The molecule has 35 heavy (non-hydrogen) atoms. The van der Waals surface area contributed by atoms with Crippen LogP contribution in [0.1, 0.15) is 61.8 Å². The molecule has 0 saturated heterocycles. The number of esters is 1. The Balaban J connectivity index is 1.39. The molecule has 1 aliphatic carbocycles. The van der Waals surface area contributed by atoms with E-state index in [0.29, 0.717) is 25.1 Å². The van der Waals surface area contributed by atoms with Crippen molar-refractivity contribution in [2.24, 2.45) is 0 Å². The van der Waals surface area contributed by atoms with E-state index >= 15 is 0 Å². The third-order valence-corrected chi connectivity index (χ3v) is 6.08. The second-order valence-corrected chi connectivity index (χ2v) is 9.85. The Morgan fingerprint density at radius 1 is 0.971 bits per heavy atom. The average molecular weight is 473 g/mol. The molecule has 182 valence electrons. The number of aryl methyl sites for hydroxylation is 1. The molecule has 0 atom stereocenters. The minimum absolute atomic E-state index is 0.00748. The lowest BCUT2D eigenvalue weighted by molar-refractivity contribution is -0.154. The fraction of sp³-hybridized carbons (Fsp3) is 0.345. The van der Waals surface area contributed by atoms with Gasteiger partial charge in [0.1, 0.15) is 18.0 Å². The smallest absolute Gasteiger partial charge is 0.412 e. The maximum absolute atomic E-state index is 12.7. The first-order valence-electron chi connectivity index (χ1n) is 12.0. The summed E-state index contributed by atoms with van der Waals surface area (Å²) in [5, 5.41) is 2.81. The number of carbonyl (C=O) groups is 2. The van der Waals surface area contributed by atoms with Crippen LogP contribution >= 0.6 is 0 Å². The van der Waals surface area contributed by atoms with Crippen molar-refractivity contribution < 1.29 is 19.1 Å². The minimum Gasteiger partial charge on any atom is -0.460 e. The summed E-state index contributed by atoms with van der Waals surface area (Å²) in [5.41, 5.74) is 6.09.